The molecule has 0 aliphatic heterocycles. The number of aromatic nitrogens is 1. The maximum absolute atomic E-state index is 11.7. The van der Waals surface area contributed by atoms with E-state index in [9.17, 15) is 4.79 Å². The molecule has 0 spiro atoms. The largest absolute Gasteiger partial charge is 0.315 e. The van der Waals surface area contributed by atoms with Crippen molar-refractivity contribution in [3.05, 3.63) is 22.3 Å². The van der Waals surface area contributed by atoms with Gasteiger partial charge in [0.15, 0.2) is 0 Å². The topological polar surface area (TPSA) is 54.0 Å². The molecular formula is C13H20BrN3O. The van der Waals surface area contributed by atoms with E-state index in [1.165, 1.54) is 0 Å². The predicted molar refractivity (Wildman–Crippen MR) is 77.7 cm³/mol. The number of hydrogen-bond donors (Lipinski definition) is 2. The summed E-state index contributed by atoms with van der Waals surface area (Å²) in [5.41, 5.74) is 1.06. The van der Waals surface area contributed by atoms with Crippen molar-refractivity contribution in [3.8, 4) is 0 Å². The quantitative estimate of drug-likeness (QED) is 0.794. The fourth-order valence-electron chi connectivity index (χ4n) is 1.45. The second-order valence-corrected chi connectivity index (χ2v) is 5.43. The van der Waals surface area contributed by atoms with Gasteiger partial charge in [0, 0.05) is 23.1 Å². The SMILES string of the molecule is Cc1cc(NC(=O)CCCNC(C)C)ncc1Br. The van der Waals surface area contributed by atoms with Gasteiger partial charge in [0.05, 0.1) is 0 Å². The monoisotopic (exact) mass is 313 g/mol. The van der Waals surface area contributed by atoms with Crippen LogP contribution in [-0.2, 0) is 4.79 Å². The Hall–Kier alpha value is -0.940. The van der Waals surface area contributed by atoms with Gasteiger partial charge in [-0.3, -0.25) is 4.79 Å². The molecule has 0 saturated heterocycles. The molecule has 0 aliphatic carbocycles. The van der Waals surface area contributed by atoms with Gasteiger partial charge >= 0.3 is 0 Å². The summed E-state index contributed by atoms with van der Waals surface area (Å²) < 4.78 is 0.946. The van der Waals surface area contributed by atoms with Crippen molar-refractivity contribution in [1.29, 1.82) is 0 Å². The van der Waals surface area contributed by atoms with Gasteiger partial charge in [-0.2, -0.15) is 0 Å². The highest BCUT2D eigenvalue weighted by molar-refractivity contribution is 9.10. The van der Waals surface area contributed by atoms with Crippen LogP contribution in [0.3, 0.4) is 0 Å². The Morgan fingerprint density at radius 3 is 2.83 bits per heavy atom. The van der Waals surface area contributed by atoms with E-state index < -0.39 is 0 Å². The lowest BCUT2D eigenvalue weighted by molar-refractivity contribution is -0.116. The number of nitrogens with zero attached hydrogens (tertiary/aromatic N) is 1. The third kappa shape index (κ3) is 5.60. The van der Waals surface area contributed by atoms with Crippen LogP contribution < -0.4 is 10.6 Å². The summed E-state index contributed by atoms with van der Waals surface area (Å²) in [7, 11) is 0. The molecule has 0 bridgehead atoms. The summed E-state index contributed by atoms with van der Waals surface area (Å²) in [6.45, 7) is 7.01. The Morgan fingerprint density at radius 1 is 1.50 bits per heavy atom. The zero-order valence-corrected chi connectivity index (χ0v) is 12.7. The lowest BCUT2D eigenvalue weighted by Gasteiger charge is -2.08. The minimum Gasteiger partial charge on any atom is -0.315 e. The Kier molecular flexibility index (Phi) is 6.29. The van der Waals surface area contributed by atoms with Crippen molar-refractivity contribution in [3.63, 3.8) is 0 Å². The van der Waals surface area contributed by atoms with Gasteiger partial charge in [-0.1, -0.05) is 13.8 Å². The first-order valence-corrected chi connectivity index (χ1v) is 6.93. The number of rotatable bonds is 6. The standard InChI is InChI=1S/C13H20BrN3O/c1-9(2)15-6-4-5-13(18)17-12-7-10(3)11(14)8-16-12/h7-9,15H,4-6H2,1-3H3,(H,16,17,18). The zero-order chi connectivity index (χ0) is 13.5. The Balaban J connectivity index is 2.33. The molecule has 0 fully saturated rings. The van der Waals surface area contributed by atoms with E-state index in [-0.39, 0.29) is 5.91 Å². The van der Waals surface area contributed by atoms with E-state index in [0.29, 0.717) is 18.3 Å². The molecular weight excluding hydrogens is 294 g/mol. The van der Waals surface area contributed by atoms with Crippen molar-refractivity contribution in [1.82, 2.24) is 10.3 Å². The Morgan fingerprint density at radius 2 is 2.22 bits per heavy atom. The molecule has 18 heavy (non-hydrogen) atoms. The van der Waals surface area contributed by atoms with E-state index in [1.807, 2.05) is 13.0 Å². The van der Waals surface area contributed by atoms with Crippen LogP contribution in [0.1, 0.15) is 32.3 Å². The second kappa shape index (κ2) is 7.48. The van der Waals surface area contributed by atoms with Crippen LogP contribution in [0.4, 0.5) is 5.82 Å². The average molecular weight is 314 g/mol. The van der Waals surface area contributed by atoms with Crippen molar-refractivity contribution in [2.45, 2.75) is 39.7 Å². The van der Waals surface area contributed by atoms with Crippen LogP contribution in [0.2, 0.25) is 0 Å². The molecule has 0 unspecified atom stereocenters. The molecule has 0 radical (unpaired) electrons. The number of carbonyl (C=O) groups excluding carboxylic acids is 1. The predicted octanol–water partition coefficient (Wildman–Crippen LogP) is 2.87. The van der Waals surface area contributed by atoms with Crippen LogP contribution >= 0.6 is 15.9 Å². The minimum absolute atomic E-state index is 0.00905. The van der Waals surface area contributed by atoms with E-state index >= 15 is 0 Å². The molecule has 100 valence electrons. The molecule has 0 aromatic carbocycles. The number of nitrogens with one attached hydrogen (secondary N) is 2. The van der Waals surface area contributed by atoms with Crippen molar-refractivity contribution >= 4 is 27.7 Å². The van der Waals surface area contributed by atoms with Crippen LogP contribution in [0.25, 0.3) is 0 Å². The molecule has 0 saturated carbocycles. The number of hydrogen-bond acceptors (Lipinski definition) is 3. The number of halogens is 1. The molecule has 0 aliphatic rings. The van der Waals surface area contributed by atoms with Gasteiger partial charge in [-0.05, 0) is 47.4 Å². The first-order chi connectivity index (χ1) is 8.49. The van der Waals surface area contributed by atoms with Crippen molar-refractivity contribution in [2.75, 3.05) is 11.9 Å². The highest BCUT2D eigenvalue weighted by Gasteiger charge is 2.04. The number of aryl methyl sites for hydroxylation is 1. The van der Waals surface area contributed by atoms with Crippen LogP contribution in [-0.4, -0.2) is 23.5 Å². The van der Waals surface area contributed by atoms with Crippen molar-refractivity contribution < 1.29 is 4.79 Å². The molecule has 1 rings (SSSR count). The molecule has 1 aromatic heterocycles. The smallest absolute Gasteiger partial charge is 0.225 e. The fourth-order valence-corrected chi connectivity index (χ4v) is 1.67. The van der Waals surface area contributed by atoms with Crippen molar-refractivity contribution in [2.24, 2.45) is 0 Å². The van der Waals surface area contributed by atoms with E-state index in [1.54, 1.807) is 6.20 Å². The minimum atomic E-state index is 0.00905. The number of amides is 1. The van der Waals surface area contributed by atoms with Crippen LogP contribution in [0, 0.1) is 6.92 Å². The lowest BCUT2D eigenvalue weighted by Crippen LogP contribution is -2.24. The van der Waals surface area contributed by atoms with Gasteiger partial charge in [0.2, 0.25) is 5.91 Å². The number of anilines is 1. The zero-order valence-electron chi connectivity index (χ0n) is 11.1. The average Bonchev–Trinajstić information content (AvgIpc) is 2.29. The first kappa shape index (κ1) is 15.1. The van der Waals surface area contributed by atoms with Gasteiger partial charge in [-0.15, -0.1) is 0 Å². The normalized spacial score (nSPS) is 10.7. The Labute approximate surface area is 117 Å². The summed E-state index contributed by atoms with van der Waals surface area (Å²) in [4.78, 5) is 15.8. The third-order valence-electron chi connectivity index (χ3n) is 2.45. The molecule has 2 N–H and O–H groups in total. The fraction of sp³-hybridized carbons (Fsp3) is 0.538. The van der Waals surface area contributed by atoms with Gasteiger partial charge < -0.3 is 10.6 Å². The molecule has 5 heteroatoms. The third-order valence-corrected chi connectivity index (χ3v) is 3.28. The van der Waals surface area contributed by atoms with Gasteiger partial charge in [0.1, 0.15) is 5.82 Å². The Bertz CT molecular complexity index is 407. The summed E-state index contributed by atoms with van der Waals surface area (Å²) in [5, 5.41) is 6.08. The molecule has 1 amide bonds. The highest BCUT2D eigenvalue weighted by Crippen LogP contribution is 2.17. The summed E-state index contributed by atoms with van der Waals surface area (Å²) in [6, 6.07) is 2.32. The maximum atomic E-state index is 11.7. The summed E-state index contributed by atoms with van der Waals surface area (Å²) >= 11 is 3.38. The molecule has 4 nitrogen and oxygen atoms in total. The maximum Gasteiger partial charge on any atom is 0.225 e. The van der Waals surface area contributed by atoms with Gasteiger partial charge in [0.25, 0.3) is 0 Å². The molecule has 1 heterocycles. The van der Waals surface area contributed by atoms with Gasteiger partial charge in [-0.25, -0.2) is 4.98 Å². The second-order valence-electron chi connectivity index (χ2n) is 4.58. The van der Waals surface area contributed by atoms with Crippen LogP contribution in [0.15, 0.2) is 16.7 Å². The highest BCUT2D eigenvalue weighted by atomic mass is 79.9. The van der Waals surface area contributed by atoms with E-state index in [2.05, 4.69) is 45.4 Å². The molecule has 0 atom stereocenters. The number of pyridine rings is 1. The summed E-state index contributed by atoms with van der Waals surface area (Å²) in [6.07, 6.45) is 3.04. The summed E-state index contributed by atoms with van der Waals surface area (Å²) in [5.74, 6) is 0.618. The van der Waals surface area contributed by atoms with E-state index in [4.69, 9.17) is 0 Å². The number of carbonyl (C=O) groups is 1. The first-order valence-electron chi connectivity index (χ1n) is 6.14. The van der Waals surface area contributed by atoms with E-state index in [0.717, 1.165) is 23.0 Å². The van der Waals surface area contributed by atoms with Crippen LogP contribution in [0.5, 0.6) is 0 Å². The lowest BCUT2D eigenvalue weighted by atomic mass is 10.2. The molecule has 1 aromatic rings.